The van der Waals surface area contributed by atoms with Crippen molar-refractivity contribution in [3.63, 3.8) is 0 Å². The van der Waals surface area contributed by atoms with E-state index >= 15 is 0 Å². The van der Waals surface area contributed by atoms with Gasteiger partial charge in [-0.15, -0.1) is 0 Å². The average molecular weight is 344 g/mol. The van der Waals surface area contributed by atoms with Crippen LogP contribution in [0.2, 0.25) is 0 Å². The highest BCUT2D eigenvalue weighted by molar-refractivity contribution is 5.91. The third-order valence-corrected chi connectivity index (χ3v) is 4.73. The number of benzene rings is 2. The number of fused-ring (bicyclic) bond motifs is 2. The van der Waals surface area contributed by atoms with E-state index in [4.69, 9.17) is 0 Å². The van der Waals surface area contributed by atoms with Crippen molar-refractivity contribution in [2.75, 3.05) is 0 Å². The largest absolute Gasteiger partial charge is 0.281 e. The molecule has 0 fully saturated rings. The van der Waals surface area contributed by atoms with Crippen molar-refractivity contribution < 1.29 is 9.49 Å². The summed E-state index contributed by atoms with van der Waals surface area (Å²) in [6, 6.07) is 15.7. The Morgan fingerprint density at radius 3 is 2.62 bits per heavy atom. The Morgan fingerprint density at radius 1 is 1.04 bits per heavy atom. The first-order valence-electron chi connectivity index (χ1n) is 8.39. The highest BCUT2D eigenvalue weighted by Crippen LogP contribution is 2.30. The van der Waals surface area contributed by atoms with E-state index in [1.807, 2.05) is 25.4 Å². The fourth-order valence-corrected chi connectivity index (χ4v) is 3.43. The van der Waals surface area contributed by atoms with Gasteiger partial charge in [0, 0.05) is 17.0 Å². The first kappa shape index (κ1) is 16.1. The Balaban J connectivity index is 1.93. The van der Waals surface area contributed by atoms with Gasteiger partial charge in [0.2, 0.25) is 5.52 Å². The van der Waals surface area contributed by atoms with Crippen molar-refractivity contribution in [2.45, 2.75) is 13.8 Å². The molecule has 0 radical (unpaired) electrons. The van der Waals surface area contributed by atoms with Gasteiger partial charge in [0.05, 0.1) is 27.1 Å². The molecule has 0 saturated heterocycles. The highest BCUT2D eigenvalue weighted by atomic mass is 16.6. The minimum atomic E-state index is -0.335. The van der Waals surface area contributed by atoms with Gasteiger partial charge in [-0.2, -0.15) is 0 Å². The van der Waals surface area contributed by atoms with E-state index in [2.05, 4.69) is 40.7 Å². The second kappa shape index (κ2) is 5.88. The van der Waals surface area contributed by atoms with Crippen LogP contribution in [0.1, 0.15) is 11.1 Å². The molecule has 0 N–H and O–H groups in total. The SMILES string of the molecule is Cc1ccc2c(c1)cc(-c1ccc3c([N+](=O)[O-])c(C)ccc3n1)c[n+]2C. The molecule has 128 valence electrons. The summed E-state index contributed by atoms with van der Waals surface area (Å²) < 4.78 is 2.08. The number of nitrogens with zero attached hydrogens (tertiary/aromatic N) is 3. The fraction of sp³-hybridized carbons (Fsp3) is 0.143. The lowest BCUT2D eigenvalue weighted by atomic mass is 10.0. The molecule has 0 aliphatic heterocycles. The molecule has 2 heterocycles. The second-order valence-corrected chi connectivity index (χ2v) is 6.65. The van der Waals surface area contributed by atoms with Gasteiger partial charge in [0.25, 0.3) is 5.69 Å². The van der Waals surface area contributed by atoms with E-state index in [0.29, 0.717) is 16.5 Å². The molecule has 26 heavy (non-hydrogen) atoms. The summed E-state index contributed by atoms with van der Waals surface area (Å²) in [5.74, 6) is 0. The summed E-state index contributed by atoms with van der Waals surface area (Å²) in [7, 11) is 2.01. The van der Waals surface area contributed by atoms with Crippen LogP contribution in [-0.4, -0.2) is 9.91 Å². The predicted molar refractivity (Wildman–Crippen MR) is 102 cm³/mol. The molecule has 0 amide bonds. The minimum absolute atomic E-state index is 0.126. The Labute approximate surface area is 150 Å². The summed E-state index contributed by atoms with van der Waals surface area (Å²) in [6.45, 7) is 3.82. The van der Waals surface area contributed by atoms with Gasteiger partial charge in [-0.1, -0.05) is 17.7 Å². The van der Waals surface area contributed by atoms with Crippen LogP contribution < -0.4 is 4.57 Å². The zero-order chi connectivity index (χ0) is 18.4. The van der Waals surface area contributed by atoms with Gasteiger partial charge in [-0.25, -0.2) is 9.55 Å². The smallest absolute Gasteiger partial charge is 0.258 e. The monoisotopic (exact) mass is 344 g/mol. The molecule has 2 aromatic heterocycles. The molecule has 4 aromatic rings. The third-order valence-electron chi connectivity index (χ3n) is 4.73. The van der Waals surface area contributed by atoms with Crippen LogP contribution in [-0.2, 0) is 7.05 Å². The Hall–Kier alpha value is -3.34. The number of rotatable bonds is 2. The van der Waals surface area contributed by atoms with Crippen LogP contribution in [0.25, 0.3) is 33.1 Å². The van der Waals surface area contributed by atoms with E-state index < -0.39 is 0 Å². The van der Waals surface area contributed by atoms with Crippen molar-refractivity contribution in [3.05, 3.63) is 76.0 Å². The van der Waals surface area contributed by atoms with Crippen LogP contribution in [0.4, 0.5) is 5.69 Å². The molecular weight excluding hydrogens is 326 g/mol. The normalized spacial score (nSPS) is 11.2. The molecule has 5 heteroatoms. The van der Waals surface area contributed by atoms with E-state index in [1.165, 1.54) is 5.56 Å². The fourth-order valence-electron chi connectivity index (χ4n) is 3.43. The van der Waals surface area contributed by atoms with E-state index in [9.17, 15) is 10.1 Å². The van der Waals surface area contributed by atoms with Gasteiger partial charge in [-0.05, 0) is 44.2 Å². The van der Waals surface area contributed by atoms with Gasteiger partial charge < -0.3 is 0 Å². The number of aromatic nitrogens is 2. The molecule has 0 spiro atoms. The van der Waals surface area contributed by atoms with E-state index in [-0.39, 0.29) is 10.6 Å². The van der Waals surface area contributed by atoms with Crippen LogP contribution in [0, 0.1) is 24.0 Å². The summed E-state index contributed by atoms with van der Waals surface area (Å²) >= 11 is 0. The summed E-state index contributed by atoms with van der Waals surface area (Å²) in [5.41, 5.74) is 5.53. The Kier molecular flexibility index (Phi) is 3.65. The summed E-state index contributed by atoms with van der Waals surface area (Å²) in [4.78, 5) is 15.7. The van der Waals surface area contributed by atoms with Crippen LogP contribution in [0.15, 0.2) is 54.7 Å². The molecule has 5 nitrogen and oxygen atoms in total. The first-order valence-corrected chi connectivity index (χ1v) is 8.39. The number of nitro groups is 1. The van der Waals surface area contributed by atoms with Crippen LogP contribution >= 0.6 is 0 Å². The van der Waals surface area contributed by atoms with Crippen molar-refractivity contribution in [1.82, 2.24) is 4.98 Å². The first-order chi connectivity index (χ1) is 12.4. The summed E-state index contributed by atoms with van der Waals surface area (Å²) in [6.07, 6.45) is 2.04. The van der Waals surface area contributed by atoms with Gasteiger partial charge in [-0.3, -0.25) is 10.1 Å². The maximum absolute atomic E-state index is 11.4. The number of aryl methyl sites for hydroxylation is 3. The molecule has 0 unspecified atom stereocenters. The number of nitro benzene ring substituents is 1. The lowest BCUT2D eigenvalue weighted by molar-refractivity contribution is -0.644. The maximum Gasteiger partial charge on any atom is 0.281 e. The molecule has 0 aliphatic carbocycles. The number of hydrogen-bond acceptors (Lipinski definition) is 3. The highest BCUT2D eigenvalue weighted by Gasteiger charge is 2.17. The van der Waals surface area contributed by atoms with Crippen molar-refractivity contribution in [2.24, 2.45) is 7.05 Å². The number of hydrogen-bond donors (Lipinski definition) is 0. The minimum Gasteiger partial charge on any atom is -0.258 e. The third kappa shape index (κ3) is 2.58. The zero-order valence-corrected chi connectivity index (χ0v) is 14.9. The topological polar surface area (TPSA) is 59.9 Å². The van der Waals surface area contributed by atoms with Gasteiger partial charge in [0.1, 0.15) is 7.05 Å². The standard InChI is InChI=1S/C21H18N3O2/c1-13-4-9-20-15(10-13)11-16(12-23(20)3)18-8-6-17-19(22-18)7-5-14(2)21(17)24(25)26/h4-12H,1-3H3/q+1. The molecule has 0 aliphatic rings. The zero-order valence-electron chi connectivity index (χ0n) is 14.9. The van der Waals surface area contributed by atoms with Crippen molar-refractivity contribution >= 4 is 27.5 Å². The Morgan fingerprint density at radius 2 is 1.85 bits per heavy atom. The molecule has 2 aromatic carbocycles. The van der Waals surface area contributed by atoms with Crippen LogP contribution in [0.5, 0.6) is 0 Å². The molecule has 0 atom stereocenters. The van der Waals surface area contributed by atoms with Gasteiger partial charge in [0.15, 0.2) is 6.20 Å². The van der Waals surface area contributed by atoms with E-state index in [0.717, 1.165) is 22.2 Å². The number of pyridine rings is 2. The van der Waals surface area contributed by atoms with Crippen LogP contribution in [0.3, 0.4) is 0 Å². The second-order valence-electron chi connectivity index (χ2n) is 6.65. The van der Waals surface area contributed by atoms with E-state index in [1.54, 1.807) is 19.1 Å². The lowest BCUT2D eigenvalue weighted by Gasteiger charge is -2.06. The summed E-state index contributed by atoms with van der Waals surface area (Å²) in [5, 5.41) is 13.1. The van der Waals surface area contributed by atoms with Crippen molar-refractivity contribution in [1.29, 1.82) is 0 Å². The van der Waals surface area contributed by atoms with Crippen molar-refractivity contribution in [3.8, 4) is 11.3 Å². The quantitative estimate of drug-likeness (QED) is 0.307. The molecule has 4 rings (SSSR count). The lowest BCUT2D eigenvalue weighted by Crippen LogP contribution is -2.28. The van der Waals surface area contributed by atoms with Gasteiger partial charge >= 0.3 is 0 Å². The predicted octanol–water partition coefficient (Wildman–Crippen LogP) is 4.40. The molecule has 0 bridgehead atoms. The average Bonchev–Trinajstić information content (AvgIpc) is 2.60. The Bertz CT molecular complexity index is 1200. The molecule has 0 saturated carbocycles. The molecular formula is C21H18N3O2+. The maximum atomic E-state index is 11.4.